The maximum atomic E-state index is 12.5. The van der Waals surface area contributed by atoms with E-state index < -0.39 is 12.1 Å². The number of carbonyl (C=O) groups excluding carboxylic acids is 2. The minimum atomic E-state index is -0.665. The summed E-state index contributed by atoms with van der Waals surface area (Å²) in [6.45, 7) is 4.91. The number of carbonyl (C=O) groups is 2. The fourth-order valence-corrected chi connectivity index (χ4v) is 9.01. The van der Waals surface area contributed by atoms with E-state index in [1.165, 1.54) is 231 Å². The van der Waals surface area contributed by atoms with Crippen LogP contribution in [0.2, 0.25) is 0 Å². The van der Waals surface area contributed by atoms with Gasteiger partial charge in [0, 0.05) is 12.8 Å². The summed E-state index contributed by atoms with van der Waals surface area (Å²) in [4.78, 5) is 24.5. The van der Waals surface area contributed by atoms with Gasteiger partial charge < -0.3 is 20.3 Å². The smallest absolute Gasteiger partial charge is 0.305 e. The van der Waals surface area contributed by atoms with Gasteiger partial charge in [-0.1, -0.05) is 276 Å². The Morgan fingerprint density at radius 1 is 0.431 bits per heavy atom. The van der Waals surface area contributed by atoms with Crippen molar-refractivity contribution in [1.82, 2.24) is 5.32 Å². The number of ether oxygens (including phenoxy) is 1. The Hall–Kier alpha value is -1.66. The molecule has 2 atom stereocenters. The Balaban J connectivity index is 3.39. The molecule has 0 fully saturated rings. The number of aliphatic hydroxyl groups excluding tert-OH is 2. The van der Waals surface area contributed by atoms with Gasteiger partial charge >= 0.3 is 5.97 Å². The predicted molar refractivity (Wildman–Crippen MR) is 283 cm³/mol. The van der Waals surface area contributed by atoms with Crippen LogP contribution in [0.25, 0.3) is 0 Å². The lowest BCUT2D eigenvalue weighted by atomic mass is 10.0. The molecule has 0 rings (SSSR count). The lowest BCUT2D eigenvalue weighted by Gasteiger charge is -2.22. The maximum absolute atomic E-state index is 12.5. The summed E-state index contributed by atoms with van der Waals surface area (Å²) in [6.07, 6.45) is 66.0. The molecule has 0 aromatic carbocycles. The average Bonchev–Trinajstić information content (AvgIpc) is 3.31. The Bertz CT molecular complexity index is 1010. The molecule has 0 heterocycles. The molecule has 2 unspecified atom stereocenters. The van der Waals surface area contributed by atoms with E-state index in [2.05, 4.69) is 43.5 Å². The molecule has 0 aliphatic carbocycles. The first-order valence-corrected chi connectivity index (χ1v) is 29.1. The highest BCUT2D eigenvalue weighted by Crippen LogP contribution is 2.17. The van der Waals surface area contributed by atoms with Gasteiger partial charge in [-0.25, -0.2) is 0 Å². The third kappa shape index (κ3) is 51.6. The van der Waals surface area contributed by atoms with E-state index in [0.717, 1.165) is 51.4 Å². The molecule has 0 bridgehead atoms. The number of esters is 1. The second-order valence-corrected chi connectivity index (χ2v) is 20.0. The molecule has 1 amide bonds. The molecule has 0 radical (unpaired) electrons. The number of allylic oxidation sites excluding steroid dienone is 4. The molecular weight excluding hydrogens is 803 g/mol. The van der Waals surface area contributed by atoms with E-state index in [0.29, 0.717) is 25.9 Å². The lowest BCUT2D eigenvalue weighted by Crippen LogP contribution is -2.45. The van der Waals surface area contributed by atoms with Crippen LogP contribution in [0, 0.1) is 0 Å². The van der Waals surface area contributed by atoms with Gasteiger partial charge in [0.15, 0.2) is 0 Å². The van der Waals surface area contributed by atoms with E-state index in [1.807, 2.05) is 0 Å². The van der Waals surface area contributed by atoms with Crippen LogP contribution in [0.15, 0.2) is 24.3 Å². The normalized spacial score (nSPS) is 12.7. The number of hydrogen-bond acceptors (Lipinski definition) is 5. The number of nitrogens with one attached hydrogen (secondary N) is 1. The van der Waals surface area contributed by atoms with Crippen molar-refractivity contribution in [2.75, 3.05) is 13.2 Å². The van der Waals surface area contributed by atoms with Gasteiger partial charge in [-0.2, -0.15) is 0 Å². The fourth-order valence-electron chi connectivity index (χ4n) is 9.01. The van der Waals surface area contributed by atoms with Crippen molar-refractivity contribution in [2.24, 2.45) is 0 Å². The molecule has 0 aliphatic rings. The Morgan fingerprint density at radius 3 is 1.22 bits per heavy atom. The van der Waals surface area contributed by atoms with Crippen molar-refractivity contribution in [1.29, 1.82) is 0 Å². The Labute approximate surface area is 405 Å². The highest BCUT2D eigenvalue weighted by Gasteiger charge is 2.20. The minimum absolute atomic E-state index is 0.00383. The molecule has 384 valence electrons. The average molecular weight is 917 g/mol. The van der Waals surface area contributed by atoms with Gasteiger partial charge in [0.2, 0.25) is 5.91 Å². The van der Waals surface area contributed by atoms with E-state index in [4.69, 9.17) is 4.74 Å². The molecular formula is C59H113NO5. The summed E-state index contributed by atoms with van der Waals surface area (Å²) in [5.41, 5.74) is 0. The zero-order chi connectivity index (χ0) is 47.2. The molecule has 0 aromatic heterocycles. The summed E-state index contributed by atoms with van der Waals surface area (Å²) in [5, 5.41) is 23.3. The van der Waals surface area contributed by atoms with Crippen molar-refractivity contribution in [2.45, 2.75) is 328 Å². The fraction of sp³-hybridized carbons (Fsp3) is 0.898. The van der Waals surface area contributed by atoms with Crippen molar-refractivity contribution >= 4 is 11.9 Å². The zero-order valence-electron chi connectivity index (χ0n) is 43.7. The second kappa shape index (κ2) is 54.9. The summed E-state index contributed by atoms with van der Waals surface area (Å²) in [7, 11) is 0. The number of aliphatic hydroxyl groups is 2. The zero-order valence-corrected chi connectivity index (χ0v) is 43.7. The van der Waals surface area contributed by atoms with Crippen LogP contribution < -0.4 is 5.32 Å². The highest BCUT2D eigenvalue weighted by molar-refractivity contribution is 5.76. The van der Waals surface area contributed by atoms with Crippen LogP contribution in [0.3, 0.4) is 0 Å². The minimum Gasteiger partial charge on any atom is -0.466 e. The van der Waals surface area contributed by atoms with Crippen LogP contribution >= 0.6 is 0 Å². The van der Waals surface area contributed by atoms with E-state index >= 15 is 0 Å². The monoisotopic (exact) mass is 916 g/mol. The standard InChI is InChI=1S/C59H113NO5/c1-3-5-7-9-11-13-15-17-27-31-35-39-43-47-51-57(62)56(55-61)60-58(63)52-48-44-40-36-32-28-25-23-21-19-20-22-24-26-30-34-38-42-46-50-54-65-59(64)53-49-45-41-37-33-29-18-16-14-12-10-8-6-4-2/h10,12,16,18,56-57,61-62H,3-9,11,13-15,17,19-55H2,1-2H3,(H,60,63)/b12-10-,18-16-. The molecule has 3 N–H and O–H groups in total. The van der Waals surface area contributed by atoms with E-state index in [-0.39, 0.29) is 18.5 Å². The van der Waals surface area contributed by atoms with Crippen LogP contribution in [0.5, 0.6) is 0 Å². The van der Waals surface area contributed by atoms with Crippen molar-refractivity contribution < 1.29 is 24.5 Å². The molecule has 6 nitrogen and oxygen atoms in total. The van der Waals surface area contributed by atoms with Crippen LogP contribution in [0.4, 0.5) is 0 Å². The first kappa shape index (κ1) is 63.3. The van der Waals surface area contributed by atoms with E-state index in [9.17, 15) is 19.8 Å². The third-order valence-corrected chi connectivity index (χ3v) is 13.5. The second-order valence-electron chi connectivity index (χ2n) is 20.0. The Kier molecular flexibility index (Phi) is 53.5. The predicted octanol–water partition coefficient (Wildman–Crippen LogP) is 17.9. The van der Waals surface area contributed by atoms with Crippen LogP contribution in [-0.2, 0) is 14.3 Å². The largest absolute Gasteiger partial charge is 0.466 e. The van der Waals surface area contributed by atoms with Crippen LogP contribution in [-0.4, -0.2) is 47.4 Å². The lowest BCUT2D eigenvalue weighted by molar-refractivity contribution is -0.143. The molecule has 0 saturated heterocycles. The van der Waals surface area contributed by atoms with Gasteiger partial charge in [0.1, 0.15) is 0 Å². The first-order valence-electron chi connectivity index (χ1n) is 29.1. The number of rotatable bonds is 54. The van der Waals surface area contributed by atoms with Gasteiger partial charge in [-0.3, -0.25) is 9.59 Å². The summed E-state index contributed by atoms with van der Waals surface area (Å²) in [6, 6.07) is -0.542. The molecule has 0 aliphatic heterocycles. The van der Waals surface area contributed by atoms with E-state index in [1.54, 1.807) is 0 Å². The molecule has 0 saturated carbocycles. The molecule has 0 spiro atoms. The van der Waals surface area contributed by atoms with Crippen molar-refractivity contribution in [3.8, 4) is 0 Å². The maximum Gasteiger partial charge on any atom is 0.305 e. The van der Waals surface area contributed by atoms with Gasteiger partial charge in [0.25, 0.3) is 0 Å². The molecule has 0 aromatic rings. The summed E-state index contributed by atoms with van der Waals surface area (Å²) < 4.78 is 5.47. The molecule has 6 heteroatoms. The SMILES string of the molecule is CCCC/C=C\C/C=C\CCCCCCCC(=O)OCCCCCCCCCCCCCCCCCCCCCCC(=O)NC(CO)C(O)CCCCCCCCCCCCCCCC. The van der Waals surface area contributed by atoms with Gasteiger partial charge in [0.05, 0.1) is 25.4 Å². The highest BCUT2D eigenvalue weighted by atomic mass is 16.5. The number of hydrogen-bond donors (Lipinski definition) is 3. The number of amides is 1. The summed E-state index contributed by atoms with van der Waals surface area (Å²) in [5.74, 6) is -0.0398. The van der Waals surface area contributed by atoms with Gasteiger partial charge in [-0.05, 0) is 51.4 Å². The first-order chi connectivity index (χ1) is 32.0. The molecule has 65 heavy (non-hydrogen) atoms. The van der Waals surface area contributed by atoms with Gasteiger partial charge in [-0.15, -0.1) is 0 Å². The Morgan fingerprint density at radius 2 is 0.785 bits per heavy atom. The van der Waals surface area contributed by atoms with Crippen molar-refractivity contribution in [3.05, 3.63) is 24.3 Å². The number of unbranched alkanes of at least 4 members (excludes halogenated alkanes) is 39. The van der Waals surface area contributed by atoms with Crippen molar-refractivity contribution in [3.63, 3.8) is 0 Å². The van der Waals surface area contributed by atoms with Crippen LogP contribution in [0.1, 0.15) is 316 Å². The summed E-state index contributed by atoms with van der Waals surface area (Å²) >= 11 is 0. The topological polar surface area (TPSA) is 95.9 Å². The third-order valence-electron chi connectivity index (χ3n) is 13.5. The quantitative estimate of drug-likeness (QED) is 0.0321.